The van der Waals surface area contributed by atoms with Crippen molar-refractivity contribution < 1.29 is 4.79 Å². The summed E-state index contributed by atoms with van der Waals surface area (Å²) in [6, 6.07) is 7.69. The molecule has 2 heterocycles. The maximum atomic E-state index is 12.9. The van der Waals surface area contributed by atoms with E-state index in [1.165, 1.54) is 23.4 Å². The highest BCUT2D eigenvalue weighted by molar-refractivity contribution is 8.00. The molecule has 9 heteroatoms. The third-order valence-electron chi connectivity index (χ3n) is 4.99. The van der Waals surface area contributed by atoms with Crippen molar-refractivity contribution >= 4 is 28.7 Å². The Morgan fingerprint density at radius 2 is 1.80 bits per heavy atom. The molecule has 1 aromatic carbocycles. The van der Waals surface area contributed by atoms with Crippen LogP contribution in [0, 0.1) is 6.92 Å². The van der Waals surface area contributed by atoms with Crippen LogP contribution in [0.4, 0.5) is 0 Å². The molecular weight excluding hydrogens is 402 g/mol. The number of aromatic nitrogens is 4. The lowest BCUT2D eigenvalue weighted by Gasteiger charge is -2.18. The average Bonchev–Trinajstić information content (AvgIpc) is 2.74. The fourth-order valence-corrected chi connectivity index (χ4v) is 4.16. The fourth-order valence-electron chi connectivity index (χ4n) is 3.24. The first-order valence-corrected chi connectivity index (χ1v) is 10.7. The highest BCUT2D eigenvalue weighted by Crippen LogP contribution is 2.26. The smallest absolute Gasteiger partial charge is 0.332 e. The number of rotatable bonds is 6. The molecule has 1 amide bonds. The van der Waals surface area contributed by atoms with Crippen LogP contribution >= 0.6 is 11.8 Å². The van der Waals surface area contributed by atoms with Crippen molar-refractivity contribution in [2.45, 2.75) is 25.8 Å². The van der Waals surface area contributed by atoms with Gasteiger partial charge in [0.05, 0.1) is 5.75 Å². The van der Waals surface area contributed by atoms with Crippen LogP contribution in [0.1, 0.15) is 19.4 Å². The van der Waals surface area contributed by atoms with Crippen LogP contribution in [-0.4, -0.2) is 48.8 Å². The number of carbonyl (C=O) groups excluding carboxylic acids is 1. The summed E-state index contributed by atoms with van der Waals surface area (Å²) in [6.45, 7) is 7.05. The third-order valence-corrected chi connectivity index (χ3v) is 5.95. The number of carbonyl (C=O) groups is 1. The highest BCUT2D eigenvalue weighted by Gasteiger charge is 2.20. The second kappa shape index (κ2) is 8.83. The van der Waals surface area contributed by atoms with Gasteiger partial charge in [-0.2, -0.15) is 0 Å². The Morgan fingerprint density at radius 3 is 2.43 bits per heavy atom. The molecule has 0 atom stereocenters. The van der Waals surface area contributed by atoms with Gasteiger partial charge in [-0.05, 0) is 26.8 Å². The monoisotopic (exact) mass is 427 g/mol. The number of benzene rings is 1. The molecule has 0 radical (unpaired) electrons. The Labute approximate surface area is 178 Å². The SMILES string of the molecule is CCN(CC)C(=O)CSc1nc(-c2cccc(C)c2)nc2c1c(=O)n(C)c(=O)n2C. The predicted molar refractivity (Wildman–Crippen MR) is 119 cm³/mol. The predicted octanol–water partition coefficient (Wildman–Crippen LogP) is 1.96. The minimum absolute atomic E-state index is 0.0319. The van der Waals surface area contributed by atoms with Crippen LogP contribution in [0.25, 0.3) is 22.4 Å². The first kappa shape index (κ1) is 21.8. The summed E-state index contributed by atoms with van der Waals surface area (Å²) in [7, 11) is 3.00. The van der Waals surface area contributed by atoms with E-state index in [-0.39, 0.29) is 22.7 Å². The second-order valence-corrected chi connectivity index (χ2v) is 7.94. The molecule has 0 N–H and O–H groups in total. The molecule has 0 saturated carbocycles. The van der Waals surface area contributed by atoms with Crippen LogP contribution in [0.3, 0.4) is 0 Å². The minimum Gasteiger partial charge on any atom is -0.343 e. The van der Waals surface area contributed by atoms with E-state index in [0.717, 1.165) is 15.7 Å². The maximum Gasteiger partial charge on any atom is 0.332 e. The number of thioether (sulfide) groups is 1. The van der Waals surface area contributed by atoms with E-state index < -0.39 is 11.2 Å². The maximum absolute atomic E-state index is 12.9. The van der Waals surface area contributed by atoms with Crippen molar-refractivity contribution in [1.29, 1.82) is 0 Å². The number of amides is 1. The van der Waals surface area contributed by atoms with E-state index in [1.54, 1.807) is 11.9 Å². The molecular formula is C21H25N5O3S. The van der Waals surface area contributed by atoms with Crippen LogP contribution in [0.5, 0.6) is 0 Å². The van der Waals surface area contributed by atoms with Crippen LogP contribution in [0.15, 0.2) is 38.9 Å². The summed E-state index contributed by atoms with van der Waals surface area (Å²) in [5.74, 6) is 0.523. The lowest BCUT2D eigenvalue weighted by molar-refractivity contribution is -0.127. The standard InChI is InChI=1S/C21H25N5O3S/c1-6-26(7-2)15(27)12-30-19-16-18(24(4)21(29)25(5)20(16)28)22-17(23-19)14-10-8-9-13(3)11-14/h8-11H,6-7,12H2,1-5H3. The Morgan fingerprint density at radius 1 is 1.10 bits per heavy atom. The van der Waals surface area contributed by atoms with Gasteiger partial charge in [0.15, 0.2) is 11.5 Å². The molecule has 0 aliphatic carbocycles. The quantitative estimate of drug-likeness (QED) is 0.441. The van der Waals surface area contributed by atoms with E-state index in [4.69, 9.17) is 0 Å². The summed E-state index contributed by atoms with van der Waals surface area (Å²) >= 11 is 1.20. The molecule has 0 fully saturated rings. The first-order valence-electron chi connectivity index (χ1n) is 9.73. The highest BCUT2D eigenvalue weighted by atomic mass is 32.2. The zero-order chi connectivity index (χ0) is 22.0. The number of nitrogens with zero attached hydrogens (tertiary/aromatic N) is 5. The second-order valence-electron chi connectivity index (χ2n) is 6.98. The van der Waals surface area contributed by atoms with E-state index >= 15 is 0 Å². The van der Waals surface area contributed by atoms with Gasteiger partial charge >= 0.3 is 5.69 Å². The Bertz CT molecular complexity index is 1230. The average molecular weight is 428 g/mol. The third kappa shape index (κ3) is 4.02. The number of fused-ring (bicyclic) bond motifs is 1. The summed E-state index contributed by atoms with van der Waals surface area (Å²) in [6.07, 6.45) is 0. The van der Waals surface area contributed by atoms with Gasteiger partial charge in [-0.25, -0.2) is 14.8 Å². The molecule has 3 rings (SSSR count). The van der Waals surface area contributed by atoms with Gasteiger partial charge in [0.2, 0.25) is 5.91 Å². The summed E-state index contributed by atoms with van der Waals surface area (Å²) < 4.78 is 2.38. The number of hydrogen-bond donors (Lipinski definition) is 0. The van der Waals surface area contributed by atoms with E-state index in [2.05, 4.69) is 9.97 Å². The molecule has 2 aromatic heterocycles. The lowest BCUT2D eigenvalue weighted by Crippen LogP contribution is -2.38. The normalized spacial score (nSPS) is 11.1. The topological polar surface area (TPSA) is 90.1 Å². The van der Waals surface area contributed by atoms with Crippen molar-refractivity contribution in [3.05, 3.63) is 50.7 Å². The summed E-state index contributed by atoms with van der Waals surface area (Å²) in [5.41, 5.74) is 1.15. The zero-order valence-corrected chi connectivity index (χ0v) is 18.6. The van der Waals surface area contributed by atoms with Crippen molar-refractivity contribution in [2.24, 2.45) is 14.1 Å². The fraction of sp³-hybridized carbons (Fsp3) is 0.381. The molecule has 0 aliphatic rings. The lowest BCUT2D eigenvalue weighted by atomic mass is 10.1. The van der Waals surface area contributed by atoms with Crippen LogP contribution in [-0.2, 0) is 18.9 Å². The number of aryl methyl sites for hydroxylation is 2. The molecule has 3 aromatic rings. The molecule has 0 aliphatic heterocycles. The van der Waals surface area contributed by atoms with Gasteiger partial charge in [-0.1, -0.05) is 35.5 Å². The number of hydrogen-bond acceptors (Lipinski definition) is 6. The Balaban J connectivity index is 2.21. The van der Waals surface area contributed by atoms with Crippen molar-refractivity contribution in [1.82, 2.24) is 24.0 Å². The van der Waals surface area contributed by atoms with Gasteiger partial charge in [-0.3, -0.25) is 18.7 Å². The van der Waals surface area contributed by atoms with Crippen LogP contribution in [0.2, 0.25) is 0 Å². The van der Waals surface area contributed by atoms with Gasteiger partial charge in [0.1, 0.15) is 10.4 Å². The Hall–Kier alpha value is -2.94. The van der Waals surface area contributed by atoms with Crippen LogP contribution < -0.4 is 11.2 Å². The molecule has 0 spiro atoms. The molecule has 30 heavy (non-hydrogen) atoms. The van der Waals surface area contributed by atoms with Gasteiger partial charge in [0, 0.05) is 32.7 Å². The van der Waals surface area contributed by atoms with Gasteiger partial charge in [0.25, 0.3) is 5.56 Å². The first-order chi connectivity index (χ1) is 14.3. The zero-order valence-electron chi connectivity index (χ0n) is 17.8. The molecule has 0 bridgehead atoms. The van der Waals surface area contributed by atoms with E-state index in [9.17, 15) is 14.4 Å². The van der Waals surface area contributed by atoms with E-state index in [0.29, 0.717) is 23.9 Å². The summed E-state index contributed by atoms with van der Waals surface area (Å²) in [4.78, 5) is 48.7. The molecule has 0 saturated heterocycles. The van der Waals surface area contributed by atoms with E-state index in [1.807, 2.05) is 45.0 Å². The van der Waals surface area contributed by atoms with Gasteiger partial charge < -0.3 is 4.90 Å². The molecule has 8 nitrogen and oxygen atoms in total. The summed E-state index contributed by atoms with van der Waals surface area (Å²) in [5, 5.41) is 0.640. The Kier molecular flexibility index (Phi) is 6.40. The van der Waals surface area contributed by atoms with Crippen molar-refractivity contribution in [2.75, 3.05) is 18.8 Å². The van der Waals surface area contributed by atoms with Crippen molar-refractivity contribution in [3.8, 4) is 11.4 Å². The largest absolute Gasteiger partial charge is 0.343 e. The minimum atomic E-state index is -0.471. The van der Waals surface area contributed by atoms with Gasteiger partial charge in [-0.15, -0.1) is 0 Å². The van der Waals surface area contributed by atoms with Crippen molar-refractivity contribution in [3.63, 3.8) is 0 Å². The molecule has 0 unspecified atom stereocenters. The molecule has 158 valence electrons.